The zero-order valence-corrected chi connectivity index (χ0v) is 15.8. The minimum Gasteiger partial charge on any atom is -0.317 e. The molecule has 4 rings (SSSR count). The van der Waals surface area contributed by atoms with E-state index in [1.807, 2.05) is 79.2 Å². The van der Waals surface area contributed by atoms with Gasteiger partial charge in [-0.15, -0.1) is 11.3 Å². The SMILES string of the molecule is Cc1nn(-c2ccccc2)c(C)c1NC(=O)c1csc(-c2ccccc2)n1. The highest BCUT2D eigenvalue weighted by Gasteiger charge is 2.18. The van der Waals surface area contributed by atoms with Gasteiger partial charge >= 0.3 is 0 Å². The van der Waals surface area contributed by atoms with Gasteiger partial charge in [0.05, 0.1) is 22.8 Å². The molecule has 5 nitrogen and oxygen atoms in total. The van der Waals surface area contributed by atoms with Crippen LogP contribution in [-0.2, 0) is 0 Å². The van der Waals surface area contributed by atoms with Crippen molar-refractivity contribution in [2.24, 2.45) is 0 Å². The molecule has 4 aromatic rings. The molecule has 0 aliphatic rings. The molecule has 0 fully saturated rings. The molecule has 2 aromatic heterocycles. The highest BCUT2D eigenvalue weighted by molar-refractivity contribution is 7.13. The summed E-state index contributed by atoms with van der Waals surface area (Å²) in [5, 5.41) is 10.1. The summed E-state index contributed by atoms with van der Waals surface area (Å²) in [6.45, 7) is 3.83. The number of para-hydroxylation sites is 1. The molecule has 27 heavy (non-hydrogen) atoms. The standard InChI is InChI=1S/C21H18N4OS/c1-14-19(15(2)25(24-14)17-11-7-4-8-12-17)23-20(26)18-13-27-21(22-18)16-9-5-3-6-10-16/h3-13H,1-2H3,(H,23,26). The van der Waals surface area contributed by atoms with Crippen LogP contribution in [0.3, 0.4) is 0 Å². The van der Waals surface area contributed by atoms with Crippen molar-refractivity contribution in [1.29, 1.82) is 0 Å². The summed E-state index contributed by atoms with van der Waals surface area (Å²) in [6, 6.07) is 19.7. The third-order valence-electron chi connectivity index (χ3n) is 4.29. The number of carbonyl (C=O) groups is 1. The van der Waals surface area contributed by atoms with Crippen LogP contribution in [0.15, 0.2) is 66.0 Å². The number of hydrogen-bond acceptors (Lipinski definition) is 4. The number of amides is 1. The fourth-order valence-electron chi connectivity index (χ4n) is 2.91. The van der Waals surface area contributed by atoms with E-state index in [9.17, 15) is 4.79 Å². The van der Waals surface area contributed by atoms with Crippen LogP contribution < -0.4 is 5.32 Å². The first-order valence-electron chi connectivity index (χ1n) is 8.57. The van der Waals surface area contributed by atoms with Gasteiger partial charge < -0.3 is 5.32 Å². The van der Waals surface area contributed by atoms with Crippen LogP contribution in [-0.4, -0.2) is 20.7 Å². The summed E-state index contributed by atoms with van der Waals surface area (Å²) in [4.78, 5) is 17.2. The van der Waals surface area contributed by atoms with Crippen molar-refractivity contribution in [3.05, 3.63) is 83.1 Å². The van der Waals surface area contributed by atoms with Gasteiger partial charge in [0, 0.05) is 10.9 Å². The van der Waals surface area contributed by atoms with E-state index in [0.29, 0.717) is 5.69 Å². The highest BCUT2D eigenvalue weighted by Crippen LogP contribution is 2.26. The molecule has 2 heterocycles. The van der Waals surface area contributed by atoms with Crippen LogP contribution in [0.25, 0.3) is 16.3 Å². The molecular formula is C21H18N4OS. The smallest absolute Gasteiger partial charge is 0.275 e. The number of carbonyl (C=O) groups excluding carboxylic acids is 1. The molecule has 0 radical (unpaired) electrons. The fourth-order valence-corrected chi connectivity index (χ4v) is 3.72. The van der Waals surface area contributed by atoms with Crippen molar-refractivity contribution in [1.82, 2.24) is 14.8 Å². The number of aryl methyl sites for hydroxylation is 1. The third-order valence-corrected chi connectivity index (χ3v) is 5.18. The van der Waals surface area contributed by atoms with Gasteiger partial charge in [-0.25, -0.2) is 9.67 Å². The molecule has 1 N–H and O–H groups in total. The van der Waals surface area contributed by atoms with E-state index in [1.165, 1.54) is 11.3 Å². The van der Waals surface area contributed by atoms with Crippen LogP contribution in [0.1, 0.15) is 21.9 Å². The Labute approximate surface area is 161 Å². The minimum absolute atomic E-state index is 0.229. The Hall–Kier alpha value is -3.25. The molecule has 0 aliphatic heterocycles. The second-order valence-electron chi connectivity index (χ2n) is 6.15. The summed E-state index contributed by atoms with van der Waals surface area (Å²) in [6.07, 6.45) is 0. The molecule has 0 saturated heterocycles. The molecule has 0 aliphatic carbocycles. The molecule has 0 saturated carbocycles. The molecular weight excluding hydrogens is 356 g/mol. The monoisotopic (exact) mass is 374 g/mol. The lowest BCUT2D eigenvalue weighted by molar-refractivity contribution is 0.102. The first kappa shape index (κ1) is 17.2. The predicted octanol–water partition coefficient (Wildman–Crippen LogP) is 4.86. The molecule has 0 atom stereocenters. The largest absolute Gasteiger partial charge is 0.317 e. The lowest BCUT2D eigenvalue weighted by Gasteiger charge is -2.06. The highest BCUT2D eigenvalue weighted by atomic mass is 32.1. The van der Waals surface area contributed by atoms with Crippen LogP contribution in [0, 0.1) is 13.8 Å². The van der Waals surface area contributed by atoms with E-state index in [0.717, 1.165) is 33.3 Å². The Balaban J connectivity index is 1.59. The van der Waals surface area contributed by atoms with E-state index < -0.39 is 0 Å². The Kier molecular flexibility index (Phi) is 4.56. The van der Waals surface area contributed by atoms with E-state index in [-0.39, 0.29) is 5.91 Å². The van der Waals surface area contributed by atoms with Crippen molar-refractivity contribution in [3.8, 4) is 16.3 Å². The van der Waals surface area contributed by atoms with Gasteiger partial charge in [-0.2, -0.15) is 5.10 Å². The number of aromatic nitrogens is 3. The van der Waals surface area contributed by atoms with Gasteiger partial charge in [-0.1, -0.05) is 48.5 Å². The number of nitrogens with one attached hydrogen (secondary N) is 1. The summed E-state index contributed by atoms with van der Waals surface area (Å²) in [5.41, 5.74) is 4.74. The molecule has 1 amide bonds. The summed E-state index contributed by atoms with van der Waals surface area (Å²) < 4.78 is 1.83. The summed E-state index contributed by atoms with van der Waals surface area (Å²) >= 11 is 1.46. The zero-order chi connectivity index (χ0) is 18.8. The number of rotatable bonds is 4. The lowest BCUT2D eigenvalue weighted by Crippen LogP contribution is -2.13. The minimum atomic E-state index is -0.229. The summed E-state index contributed by atoms with van der Waals surface area (Å²) in [5.74, 6) is -0.229. The molecule has 6 heteroatoms. The normalized spacial score (nSPS) is 10.7. The zero-order valence-electron chi connectivity index (χ0n) is 15.0. The quantitative estimate of drug-likeness (QED) is 0.555. The van der Waals surface area contributed by atoms with Crippen LogP contribution in [0.5, 0.6) is 0 Å². The van der Waals surface area contributed by atoms with Crippen molar-refractivity contribution >= 4 is 22.9 Å². The number of hydrogen-bond donors (Lipinski definition) is 1. The number of thiazole rings is 1. The topological polar surface area (TPSA) is 59.8 Å². The average molecular weight is 374 g/mol. The van der Waals surface area contributed by atoms with E-state index in [1.54, 1.807) is 5.38 Å². The molecule has 134 valence electrons. The Morgan fingerprint density at radius 2 is 1.67 bits per heavy atom. The van der Waals surface area contributed by atoms with Gasteiger partial charge in [0.25, 0.3) is 5.91 Å². The maximum Gasteiger partial charge on any atom is 0.275 e. The summed E-state index contributed by atoms with van der Waals surface area (Å²) in [7, 11) is 0. The fraction of sp³-hybridized carbons (Fsp3) is 0.0952. The Morgan fingerprint density at radius 3 is 2.37 bits per heavy atom. The van der Waals surface area contributed by atoms with Crippen molar-refractivity contribution < 1.29 is 4.79 Å². The first-order valence-corrected chi connectivity index (χ1v) is 9.45. The van der Waals surface area contributed by atoms with E-state index >= 15 is 0 Å². The predicted molar refractivity (Wildman–Crippen MR) is 109 cm³/mol. The number of nitrogens with zero attached hydrogens (tertiary/aromatic N) is 3. The Bertz CT molecular complexity index is 1080. The van der Waals surface area contributed by atoms with Gasteiger partial charge in [-0.05, 0) is 26.0 Å². The van der Waals surface area contributed by atoms with Crippen LogP contribution >= 0.6 is 11.3 Å². The first-order chi connectivity index (χ1) is 13.1. The molecule has 2 aromatic carbocycles. The van der Waals surface area contributed by atoms with Crippen molar-refractivity contribution in [2.45, 2.75) is 13.8 Å². The molecule has 0 spiro atoms. The van der Waals surface area contributed by atoms with E-state index in [2.05, 4.69) is 15.4 Å². The van der Waals surface area contributed by atoms with E-state index in [4.69, 9.17) is 0 Å². The average Bonchev–Trinajstić information content (AvgIpc) is 3.30. The van der Waals surface area contributed by atoms with Gasteiger partial charge in [0.2, 0.25) is 0 Å². The van der Waals surface area contributed by atoms with Gasteiger partial charge in [0.1, 0.15) is 10.7 Å². The maximum absolute atomic E-state index is 12.7. The molecule has 0 bridgehead atoms. The van der Waals surface area contributed by atoms with Gasteiger partial charge in [0.15, 0.2) is 0 Å². The maximum atomic E-state index is 12.7. The lowest BCUT2D eigenvalue weighted by atomic mass is 10.2. The third kappa shape index (κ3) is 3.39. The Morgan fingerprint density at radius 1 is 1.00 bits per heavy atom. The van der Waals surface area contributed by atoms with Crippen molar-refractivity contribution in [2.75, 3.05) is 5.32 Å². The van der Waals surface area contributed by atoms with Crippen molar-refractivity contribution in [3.63, 3.8) is 0 Å². The second-order valence-corrected chi connectivity index (χ2v) is 7.01. The molecule has 0 unspecified atom stereocenters. The second kappa shape index (κ2) is 7.17. The van der Waals surface area contributed by atoms with Gasteiger partial charge in [-0.3, -0.25) is 4.79 Å². The number of benzene rings is 2. The van der Waals surface area contributed by atoms with Crippen LogP contribution in [0.2, 0.25) is 0 Å². The van der Waals surface area contributed by atoms with Crippen LogP contribution in [0.4, 0.5) is 5.69 Å². The number of anilines is 1.